The van der Waals surface area contributed by atoms with Gasteiger partial charge in [0.25, 0.3) is 5.91 Å². The van der Waals surface area contributed by atoms with Crippen LogP contribution in [0.2, 0.25) is 0 Å². The molecule has 0 aromatic heterocycles. The molecular formula is C32H37N3O8. The van der Waals surface area contributed by atoms with E-state index in [2.05, 4.69) is 4.99 Å². The van der Waals surface area contributed by atoms with Crippen LogP contribution in [0.5, 0.6) is 46.0 Å². The van der Waals surface area contributed by atoms with Gasteiger partial charge in [-0.1, -0.05) is 0 Å². The summed E-state index contributed by atoms with van der Waals surface area (Å²) < 4.78 is 39.6. The van der Waals surface area contributed by atoms with E-state index in [-0.39, 0.29) is 11.9 Å². The van der Waals surface area contributed by atoms with Crippen molar-refractivity contribution in [1.29, 1.82) is 0 Å². The van der Waals surface area contributed by atoms with Crippen LogP contribution in [0.15, 0.2) is 47.5 Å². The molecule has 0 spiro atoms. The minimum absolute atomic E-state index is 0.0153. The number of nitrogens with zero attached hydrogens (tertiary/aromatic N) is 2. The Bertz CT molecular complexity index is 1470. The van der Waals surface area contributed by atoms with Crippen molar-refractivity contribution in [2.45, 2.75) is 31.7 Å². The lowest BCUT2D eigenvalue weighted by atomic mass is 10.1. The highest BCUT2D eigenvalue weighted by molar-refractivity contribution is 6.03. The van der Waals surface area contributed by atoms with E-state index in [1.165, 1.54) is 0 Å². The number of carbonyl (C=O) groups excluding carboxylic acids is 1. The van der Waals surface area contributed by atoms with Crippen molar-refractivity contribution < 1.29 is 38.0 Å². The van der Waals surface area contributed by atoms with Crippen LogP contribution in [0.25, 0.3) is 0 Å². The molecule has 0 bridgehead atoms. The number of anilines is 1. The molecule has 1 fully saturated rings. The van der Waals surface area contributed by atoms with Gasteiger partial charge in [-0.05, 0) is 43.9 Å². The Morgan fingerprint density at radius 1 is 0.814 bits per heavy atom. The third kappa shape index (κ3) is 6.50. The monoisotopic (exact) mass is 591 g/mol. The maximum atomic E-state index is 13.0. The summed E-state index contributed by atoms with van der Waals surface area (Å²) in [7, 11) is 6.19. The van der Waals surface area contributed by atoms with E-state index >= 15 is 0 Å². The van der Waals surface area contributed by atoms with E-state index in [1.54, 1.807) is 70.9 Å². The molecular weight excluding hydrogens is 554 g/mol. The summed E-state index contributed by atoms with van der Waals surface area (Å²) >= 11 is 0. The molecule has 43 heavy (non-hydrogen) atoms. The van der Waals surface area contributed by atoms with Crippen molar-refractivity contribution in [3.63, 3.8) is 0 Å². The fourth-order valence-electron chi connectivity index (χ4n) is 5.15. The van der Waals surface area contributed by atoms with Crippen LogP contribution in [0, 0.1) is 0 Å². The van der Waals surface area contributed by atoms with Crippen LogP contribution in [0.1, 0.15) is 36.0 Å². The summed E-state index contributed by atoms with van der Waals surface area (Å²) in [6.07, 6.45) is 5.29. The number of amides is 1. The van der Waals surface area contributed by atoms with Crippen LogP contribution in [-0.4, -0.2) is 71.3 Å². The van der Waals surface area contributed by atoms with Crippen LogP contribution >= 0.6 is 0 Å². The number of ether oxygens (including phenoxy) is 7. The molecule has 2 heterocycles. The zero-order chi connectivity index (χ0) is 30.3. The molecule has 11 nitrogen and oxygen atoms in total. The molecule has 5 rings (SSSR count). The van der Waals surface area contributed by atoms with Crippen molar-refractivity contribution in [3.8, 4) is 46.0 Å². The van der Waals surface area contributed by atoms with Crippen LogP contribution in [0.4, 0.5) is 11.4 Å². The maximum absolute atomic E-state index is 13.0. The summed E-state index contributed by atoms with van der Waals surface area (Å²) in [6, 6.07) is 12.2. The molecule has 11 heteroatoms. The Morgan fingerprint density at radius 2 is 1.53 bits per heavy atom. The van der Waals surface area contributed by atoms with Gasteiger partial charge in [0.1, 0.15) is 11.5 Å². The van der Waals surface area contributed by atoms with Crippen LogP contribution in [0.3, 0.4) is 0 Å². The van der Waals surface area contributed by atoms with E-state index < -0.39 is 0 Å². The third-order valence-electron chi connectivity index (χ3n) is 7.37. The lowest BCUT2D eigenvalue weighted by molar-refractivity contribution is 0.0774. The van der Waals surface area contributed by atoms with E-state index in [1.807, 2.05) is 11.1 Å². The number of carbonyl (C=O) groups is 1. The van der Waals surface area contributed by atoms with Crippen molar-refractivity contribution in [3.05, 3.63) is 48.0 Å². The number of aliphatic imine (C=N–C) groups is 1. The Balaban J connectivity index is 1.12. The molecule has 1 saturated heterocycles. The second kappa shape index (κ2) is 13.5. The zero-order valence-electron chi connectivity index (χ0n) is 24.9. The van der Waals surface area contributed by atoms with Crippen LogP contribution in [-0.2, 0) is 0 Å². The first-order chi connectivity index (χ1) is 20.9. The molecule has 3 aromatic rings. The molecule has 2 N–H and O–H groups in total. The summed E-state index contributed by atoms with van der Waals surface area (Å²) in [5, 5.41) is 0. The van der Waals surface area contributed by atoms with Gasteiger partial charge in [0, 0.05) is 37.0 Å². The van der Waals surface area contributed by atoms with Gasteiger partial charge < -0.3 is 43.8 Å². The largest absolute Gasteiger partial charge is 0.494 e. The number of rotatable bonds is 13. The molecule has 0 aliphatic carbocycles. The number of nitrogens with two attached hydrogens (primary N) is 1. The van der Waals surface area contributed by atoms with Crippen molar-refractivity contribution in [2.24, 2.45) is 4.99 Å². The second-order valence-electron chi connectivity index (χ2n) is 10.1. The first-order valence-electron chi connectivity index (χ1n) is 14.2. The summed E-state index contributed by atoms with van der Waals surface area (Å²) in [5.41, 5.74) is 7.81. The highest BCUT2D eigenvalue weighted by atomic mass is 16.5. The predicted octanol–water partition coefficient (Wildman–Crippen LogP) is 5.65. The smallest absolute Gasteiger partial charge is 0.256 e. The molecule has 2 aliphatic heterocycles. The van der Waals surface area contributed by atoms with Gasteiger partial charge in [-0.2, -0.15) is 0 Å². The van der Waals surface area contributed by atoms with Crippen molar-refractivity contribution >= 4 is 23.5 Å². The molecule has 0 unspecified atom stereocenters. The number of hydrogen-bond donors (Lipinski definition) is 1. The average Bonchev–Trinajstić information content (AvgIpc) is 3.46. The standard InChI is InChI=1S/C32H37N3O8/c1-37-27-17-23-25(34-19-20-8-7-11-35(20)32(23)36)18-28(27)42-13-6-5-12-41-21-9-10-26(24(33)14-21)43-22-15-29(38-2)31(40-4)30(16-22)39-3/h9-10,14-20H,5-8,11-13,33H2,1-4H3/t20-/m0/s1. The highest BCUT2D eigenvalue weighted by Gasteiger charge is 2.32. The van der Waals surface area contributed by atoms with Gasteiger partial charge in [-0.3, -0.25) is 9.79 Å². The Labute approximate surface area is 251 Å². The molecule has 0 saturated carbocycles. The summed E-state index contributed by atoms with van der Waals surface area (Å²) in [5.74, 6) is 4.07. The molecule has 0 radical (unpaired) electrons. The SMILES string of the molecule is COc1cc2c(cc1OCCCCOc1ccc(Oc3cc(OC)c(OC)c(OC)c3)c(N)c1)N=C[C@@H]1CCCN1C2=O. The number of methoxy groups -OCH3 is 4. The minimum atomic E-state index is -0.0153. The van der Waals surface area contributed by atoms with E-state index in [0.29, 0.717) is 76.1 Å². The Kier molecular flexibility index (Phi) is 9.29. The molecule has 3 aromatic carbocycles. The molecule has 1 atom stereocenters. The number of unbranched alkanes of at least 4 members (excludes halogenated alkanes) is 1. The average molecular weight is 592 g/mol. The summed E-state index contributed by atoms with van der Waals surface area (Å²) in [6.45, 7) is 1.68. The van der Waals surface area contributed by atoms with Crippen molar-refractivity contribution in [1.82, 2.24) is 4.90 Å². The van der Waals surface area contributed by atoms with Crippen molar-refractivity contribution in [2.75, 3.05) is 53.9 Å². The van der Waals surface area contributed by atoms with Gasteiger partial charge in [-0.15, -0.1) is 0 Å². The van der Waals surface area contributed by atoms with Gasteiger partial charge in [0.2, 0.25) is 5.75 Å². The topological polar surface area (TPSA) is 123 Å². The first kappa shape index (κ1) is 29.7. The minimum Gasteiger partial charge on any atom is -0.494 e. The lowest BCUT2D eigenvalue weighted by Gasteiger charge is -2.20. The molecule has 1 amide bonds. The van der Waals surface area contributed by atoms with Crippen LogP contribution < -0.4 is 38.9 Å². The molecule has 228 valence electrons. The summed E-state index contributed by atoms with van der Waals surface area (Å²) in [4.78, 5) is 19.5. The fourth-order valence-corrected chi connectivity index (χ4v) is 5.15. The zero-order valence-corrected chi connectivity index (χ0v) is 24.9. The van der Waals surface area contributed by atoms with Gasteiger partial charge in [-0.25, -0.2) is 0 Å². The normalized spacial score (nSPS) is 15.3. The molecule has 2 aliphatic rings. The fraction of sp³-hybridized carbons (Fsp3) is 0.375. The Morgan fingerprint density at radius 3 is 2.21 bits per heavy atom. The van der Waals surface area contributed by atoms with Gasteiger partial charge in [0.15, 0.2) is 28.7 Å². The maximum Gasteiger partial charge on any atom is 0.256 e. The third-order valence-corrected chi connectivity index (χ3v) is 7.37. The van der Waals surface area contributed by atoms with E-state index in [9.17, 15) is 4.79 Å². The first-order valence-corrected chi connectivity index (χ1v) is 14.2. The van der Waals surface area contributed by atoms with E-state index in [4.69, 9.17) is 38.9 Å². The lowest BCUT2D eigenvalue weighted by Crippen LogP contribution is -2.35. The van der Waals surface area contributed by atoms with Gasteiger partial charge in [0.05, 0.1) is 64.6 Å². The quantitative estimate of drug-likeness (QED) is 0.198. The van der Waals surface area contributed by atoms with Gasteiger partial charge >= 0.3 is 0 Å². The predicted molar refractivity (Wildman–Crippen MR) is 162 cm³/mol. The van der Waals surface area contributed by atoms with E-state index in [0.717, 1.165) is 32.2 Å². The Hall–Kier alpha value is -4.80. The number of benzene rings is 3. The number of fused-ring (bicyclic) bond motifs is 2. The second-order valence-corrected chi connectivity index (χ2v) is 10.1. The number of hydrogen-bond acceptors (Lipinski definition) is 10. The number of nitrogen functional groups attached to an aromatic ring is 1. The highest BCUT2D eigenvalue weighted by Crippen LogP contribution is 2.43.